The predicted octanol–water partition coefficient (Wildman–Crippen LogP) is 4.50. The number of amides is 1. The maximum atomic E-state index is 12.8. The number of carbonyl (C=O) groups is 1. The summed E-state index contributed by atoms with van der Waals surface area (Å²) in [4.78, 5) is 12.8. The summed E-state index contributed by atoms with van der Waals surface area (Å²) in [7, 11) is 1.63. The second-order valence-electron chi connectivity index (χ2n) is 8.06. The molecular formula is C23H29NO4. The highest BCUT2D eigenvalue weighted by molar-refractivity contribution is 5.81. The van der Waals surface area contributed by atoms with Gasteiger partial charge in [-0.2, -0.15) is 0 Å². The molecule has 28 heavy (non-hydrogen) atoms. The number of rotatable bonds is 5. The zero-order valence-electron chi connectivity index (χ0n) is 17.5. The number of hydrogen-bond acceptors (Lipinski definition) is 4. The van der Waals surface area contributed by atoms with Crippen molar-refractivity contribution in [1.29, 1.82) is 0 Å². The molecule has 1 aliphatic rings. The lowest BCUT2D eigenvalue weighted by atomic mass is 9.89. The first-order valence-corrected chi connectivity index (χ1v) is 9.60. The third-order valence-electron chi connectivity index (χ3n) is 5.00. The fourth-order valence-electron chi connectivity index (χ4n) is 3.55. The molecule has 2 atom stereocenters. The molecule has 1 heterocycles. The standard InChI is InChI=1S/C23H29NO4/c1-14-7-10-20(15(2)11-14)27-16(3)22(25)24-19-13-23(4,5)28-21-12-17(26-6)8-9-18(19)21/h7-12,16,19H,13H2,1-6H3,(H,24,25)/t16-,19+/m0/s1. The van der Waals surface area contributed by atoms with E-state index >= 15 is 0 Å². The van der Waals surface area contributed by atoms with Crippen LogP contribution in [0.5, 0.6) is 17.2 Å². The summed E-state index contributed by atoms with van der Waals surface area (Å²) >= 11 is 0. The molecule has 0 aliphatic carbocycles. The molecule has 1 N–H and O–H groups in total. The second-order valence-corrected chi connectivity index (χ2v) is 8.06. The summed E-state index contributed by atoms with van der Waals surface area (Å²) in [5, 5.41) is 3.13. The van der Waals surface area contributed by atoms with Crippen LogP contribution in [0.25, 0.3) is 0 Å². The Kier molecular flexibility index (Phi) is 5.54. The second kappa shape index (κ2) is 7.74. The Morgan fingerprint density at radius 3 is 2.64 bits per heavy atom. The predicted molar refractivity (Wildman–Crippen MR) is 109 cm³/mol. The third-order valence-corrected chi connectivity index (χ3v) is 5.00. The van der Waals surface area contributed by atoms with Crippen molar-refractivity contribution in [3.8, 4) is 17.2 Å². The largest absolute Gasteiger partial charge is 0.497 e. The van der Waals surface area contributed by atoms with Gasteiger partial charge in [-0.3, -0.25) is 4.79 Å². The van der Waals surface area contributed by atoms with Gasteiger partial charge in [0.2, 0.25) is 0 Å². The van der Waals surface area contributed by atoms with E-state index in [-0.39, 0.29) is 11.9 Å². The van der Waals surface area contributed by atoms with E-state index in [0.29, 0.717) is 6.42 Å². The van der Waals surface area contributed by atoms with Crippen LogP contribution in [0.1, 0.15) is 49.9 Å². The molecule has 0 fully saturated rings. The van der Waals surface area contributed by atoms with Crippen molar-refractivity contribution in [2.24, 2.45) is 0 Å². The van der Waals surface area contributed by atoms with Crippen molar-refractivity contribution in [2.45, 2.75) is 58.8 Å². The zero-order chi connectivity index (χ0) is 20.5. The number of methoxy groups -OCH3 is 1. The third kappa shape index (κ3) is 4.41. The van der Waals surface area contributed by atoms with Gasteiger partial charge in [-0.05, 0) is 58.4 Å². The molecule has 0 bridgehead atoms. The van der Waals surface area contributed by atoms with E-state index in [2.05, 4.69) is 5.32 Å². The van der Waals surface area contributed by atoms with Crippen molar-refractivity contribution >= 4 is 5.91 Å². The Balaban J connectivity index is 1.76. The number of ether oxygens (including phenoxy) is 3. The van der Waals surface area contributed by atoms with Gasteiger partial charge >= 0.3 is 0 Å². The van der Waals surface area contributed by atoms with Gasteiger partial charge < -0.3 is 19.5 Å². The fourth-order valence-corrected chi connectivity index (χ4v) is 3.55. The first-order valence-electron chi connectivity index (χ1n) is 9.60. The highest BCUT2D eigenvalue weighted by Gasteiger charge is 2.35. The van der Waals surface area contributed by atoms with Crippen molar-refractivity contribution in [1.82, 2.24) is 5.32 Å². The molecular weight excluding hydrogens is 354 g/mol. The van der Waals surface area contributed by atoms with Gasteiger partial charge in [0.25, 0.3) is 5.91 Å². The molecule has 0 saturated carbocycles. The number of hydrogen-bond donors (Lipinski definition) is 1. The minimum Gasteiger partial charge on any atom is -0.497 e. The van der Waals surface area contributed by atoms with Crippen LogP contribution in [0, 0.1) is 13.8 Å². The minimum atomic E-state index is -0.603. The molecule has 5 nitrogen and oxygen atoms in total. The fraction of sp³-hybridized carbons (Fsp3) is 0.435. The van der Waals surface area contributed by atoms with Gasteiger partial charge in [0, 0.05) is 18.1 Å². The first kappa shape index (κ1) is 20.1. The number of benzene rings is 2. The van der Waals surface area contributed by atoms with E-state index in [4.69, 9.17) is 14.2 Å². The highest BCUT2D eigenvalue weighted by Crippen LogP contribution is 2.41. The zero-order valence-corrected chi connectivity index (χ0v) is 17.5. The molecule has 150 valence electrons. The Morgan fingerprint density at radius 1 is 1.21 bits per heavy atom. The van der Waals surface area contributed by atoms with Crippen LogP contribution in [-0.2, 0) is 4.79 Å². The van der Waals surface area contributed by atoms with Crippen LogP contribution in [0.4, 0.5) is 0 Å². The number of nitrogens with one attached hydrogen (secondary N) is 1. The van der Waals surface area contributed by atoms with E-state index in [1.807, 2.05) is 64.1 Å². The van der Waals surface area contributed by atoms with Crippen LogP contribution >= 0.6 is 0 Å². The van der Waals surface area contributed by atoms with E-state index in [0.717, 1.165) is 28.4 Å². The summed E-state index contributed by atoms with van der Waals surface area (Å²) in [5.41, 5.74) is 2.74. The molecule has 2 aromatic rings. The normalized spacial score (nSPS) is 18.4. The van der Waals surface area contributed by atoms with E-state index in [9.17, 15) is 4.79 Å². The lowest BCUT2D eigenvalue weighted by Gasteiger charge is -2.38. The molecule has 0 unspecified atom stereocenters. The Labute approximate surface area is 167 Å². The number of aryl methyl sites for hydroxylation is 2. The Bertz CT molecular complexity index is 875. The summed E-state index contributed by atoms with van der Waals surface area (Å²) < 4.78 is 17.3. The monoisotopic (exact) mass is 383 g/mol. The van der Waals surface area contributed by atoms with Gasteiger partial charge in [-0.1, -0.05) is 17.7 Å². The molecule has 5 heteroatoms. The van der Waals surface area contributed by atoms with Crippen molar-refractivity contribution < 1.29 is 19.0 Å². The quantitative estimate of drug-likeness (QED) is 0.826. The smallest absolute Gasteiger partial charge is 0.261 e. The van der Waals surface area contributed by atoms with Gasteiger partial charge in [0.15, 0.2) is 6.10 Å². The van der Waals surface area contributed by atoms with Crippen molar-refractivity contribution in [3.63, 3.8) is 0 Å². The lowest BCUT2D eigenvalue weighted by Crippen LogP contribution is -2.44. The van der Waals surface area contributed by atoms with Gasteiger partial charge in [0.05, 0.1) is 13.2 Å². The Hall–Kier alpha value is -2.69. The first-order chi connectivity index (χ1) is 13.2. The highest BCUT2D eigenvalue weighted by atomic mass is 16.5. The summed E-state index contributed by atoms with van der Waals surface area (Å²) in [5.74, 6) is 2.05. The average molecular weight is 383 g/mol. The average Bonchev–Trinajstić information content (AvgIpc) is 2.62. The van der Waals surface area contributed by atoms with Crippen molar-refractivity contribution in [2.75, 3.05) is 7.11 Å². The molecule has 0 aromatic heterocycles. The lowest BCUT2D eigenvalue weighted by molar-refractivity contribution is -0.128. The van der Waals surface area contributed by atoms with E-state index in [1.54, 1.807) is 14.0 Å². The molecule has 3 rings (SSSR count). The van der Waals surface area contributed by atoms with Gasteiger partial charge in [-0.15, -0.1) is 0 Å². The van der Waals surface area contributed by atoms with Crippen LogP contribution in [-0.4, -0.2) is 24.7 Å². The molecule has 0 spiro atoms. The summed E-state index contributed by atoms with van der Waals surface area (Å²) in [6.07, 6.45) is 0.0722. The minimum absolute atomic E-state index is 0.149. The van der Waals surface area contributed by atoms with Crippen LogP contribution < -0.4 is 19.5 Å². The van der Waals surface area contributed by atoms with Crippen LogP contribution in [0.15, 0.2) is 36.4 Å². The number of fused-ring (bicyclic) bond motifs is 1. The number of carbonyl (C=O) groups excluding carboxylic acids is 1. The summed E-state index contributed by atoms with van der Waals surface area (Å²) in [6.45, 7) is 9.83. The van der Waals surface area contributed by atoms with E-state index < -0.39 is 11.7 Å². The van der Waals surface area contributed by atoms with Gasteiger partial charge in [0.1, 0.15) is 22.8 Å². The van der Waals surface area contributed by atoms with E-state index in [1.165, 1.54) is 5.56 Å². The summed E-state index contributed by atoms with van der Waals surface area (Å²) in [6, 6.07) is 11.5. The van der Waals surface area contributed by atoms with Gasteiger partial charge in [-0.25, -0.2) is 0 Å². The topological polar surface area (TPSA) is 56.8 Å². The maximum absolute atomic E-state index is 12.8. The van der Waals surface area contributed by atoms with Crippen LogP contribution in [0.3, 0.4) is 0 Å². The molecule has 1 aliphatic heterocycles. The van der Waals surface area contributed by atoms with Crippen molar-refractivity contribution in [3.05, 3.63) is 53.1 Å². The SMILES string of the molecule is COc1ccc2c(c1)OC(C)(C)C[C@H]2NC(=O)[C@H](C)Oc1ccc(C)cc1C. The molecule has 2 aromatic carbocycles. The van der Waals surface area contributed by atoms with Crippen LogP contribution in [0.2, 0.25) is 0 Å². The Morgan fingerprint density at radius 2 is 1.96 bits per heavy atom. The molecule has 0 saturated heterocycles. The molecule has 0 radical (unpaired) electrons. The maximum Gasteiger partial charge on any atom is 0.261 e. The molecule has 1 amide bonds.